The van der Waals surface area contributed by atoms with Crippen molar-refractivity contribution in [1.29, 1.82) is 0 Å². The van der Waals surface area contributed by atoms with E-state index in [1.165, 1.54) is 4.90 Å². The molecule has 0 aromatic heterocycles. The van der Waals surface area contributed by atoms with E-state index in [1.807, 2.05) is 37.3 Å². The summed E-state index contributed by atoms with van der Waals surface area (Å²) in [5.74, 6) is -1.85. The summed E-state index contributed by atoms with van der Waals surface area (Å²) in [5.41, 5.74) is 0.128. The van der Waals surface area contributed by atoms with E-state index in [9.17, 15) is 19.5 Å². The third-order valence-corrected chi connectivity index (χ3v) is 8.94. The van der Waals surface area contributed by atoms with Crippen LogP contribution in [0.2, 0.25) is 0 Å². The van der Waals surface area contributed by atoms with E-state index in [2.05, 4.69) is 13.2 Å². The molecule has 1 N–H and O–H groups in total. The summed E-state index contributed by atoms with van der Waals surface area (Å²) in [6.07, 6.45) is 4.24. The number of ether oxygens (including phenoxy) is 2. The number of likely N-dealkylation sites (tertiary alicyclic amines) is 1. The van der Waals surface area contributed by atoms with E-state index in [0.717, 1.165) is 0 Å². The Morgan fingerprint density at radius 2 is 1.69 bits per heavy atom. The van der Waals surface area contributed by atoms with Crippen molar-refractivity contribution < 1.29 is 29.0 Å². The summed E-state index contributed by atoms with van der Waals surface area (Å²) in [4.78, 5) is 48.0. The van der Waals surface area contributed by atoms with Crippen LogP contribution in [0.5, 0.6) is 5.75 Å². The highest BCUT2D eigenvalue weighted by atomic mass is 16.5. The molecule has 3 aliphatic heterocycles. The van der Waals surface area contributed by atoms with Crippen LogP contribution in [-0.4, -0.2) is 78.3 Å². The van der Waals surface area contributed by atoms with Gasteiger partial charge in [-0.1, -0.05) is 37.3 Å². The molecule has 2 aromatic carbocycles. The maximum Gasteiger partial charge on any atom is 0.253 e. The van der Waals surface area contributed by atoms with Crippen molar-refractivity contribution in [3.05, 3.63) is 79.9 Å². The Labute approximate surface area is 247 Å². The lowest BCUT2D eigenvalue weighted by Crippen LogP contribution is -2.59. The van der Waals surface area contributed by atoms with Gasteiger partial charge in [0, 0.05) is 24.5 Å². The number of hydrogen-bond donors (Lipinski definition) is 1. The number of aliphatic hydroxyl groups is 1. The first kappa shape index (κ1) is 29.5. The van der Waals surface area contributed by atoms with E-state index in [0.29, 0.717) is 36.4 Å². The van der Waals surface area contributed by atoms with Crippen molar-refractivity contribution in [2.24, 2.45) is 11.8 Å². The van der Waals surface area contributed by atoms with Gasteiger partial charge in [-0.05, 0) is 55.7 Å². The number of hydrogen-bond acceptors (Lipinski definition) is 6. The smallest absolute Gasteiger partial charge is 0.253 e. The molecule has 3 saturated heterocycles. The van der Waals surface area contributed by atoms with Gasteiger partial charge in [-0.25, -0.2) is 0 Å². The van der Waals surface area contributed by atoms with Gasteiger partial charge in [0.05, 0.1) is 37.7 Å². The van der Waals surface area contributed by atoms with Crippen LogP contribution in [0, 0.1) is 11.8 Å². The number of anilines is 2. The number of rotatable bonds is 12. The van der Waals surface area contributed by atoms with Gasteiger partial charge < -0.3 is 29.3 Å². The fourth-order valence-electron chi connectivity index (χ4n) is 7.06. The zero-order chi connectivity index (χ0) is 30.0. The Morgan fingerprint density at radius 1 is 1.07 bits per heavy atom. The summed E-state index contributed by atoms with van der Waals surface area (Å²) in [7, 11) is 1.57. The summed E-state index contributed by atoms with van der Waals surface area (Å²) >= 11 is 0. The number of carbonyl (C=O) groups excluding carboxylic acids is 3. The molecule has 0 saturated carbocycles. The number of methoxy groups -OCH3 is 1. The minimum atomic E-state index is -1.19. The van der Waals surface area contributed by atoms with Gasteiger partial charge in [0.25, 0.3) is 5.91 Å². The van der Waals surface area contributed by atoms with Crippen LogP contribution in [0.15, 0.2) is 79.9 Å². The lowest BCUT2D eigenvalue weighted by Gasteiger charge is -2.39. The first-order valence-corrected chi connectivity index (χ1v) is 14.5. The summed E-state index contributed by atoms with van der Waals surface area (Å²) in [5, 5.41) is 10.4. The van der Waals surface area contributed by atoms with Crippen LogP contribution in [0.3, 0.4) is 0 Å². The maximum absolute atomic E-state index is 14.6. The molecule has 2 bridgehead atoms. The summed E-state index contributed by atoms with van der Waals surface area (Å²) < 4.78 is 11.9. The number of nitrogens with zero attached hydrogens (tertiary/aromatic N) is 3. The van der Waals surface area contributed by atoms with Crippen LogP contribution in [-0.2, 0) is 19.1 Å². The molecule has 1 spiro atoms. The summed E-state index contributed by atoms with van der Waals surface area (Å²) in [6.45, 7) is 9.72. The van der Waals surface area contributed by atoms with Crippen LogP contribution in [0.25, 0.3) is 0 Å². The molecular weight excluding hydrogens is 534 g/mol. The first-order chi connectivity index (χ1) is 20.4. The molecule has 9 nitrogen and oxygen atoms in total. The number of para-hydroxylation sites is 1. The minimum Gasteiger partial charge on any atom is -0.497 e. The van der Waals surface area contributed by atoms with E-state index >= 15 is 0 Å². The molecule has 6 atom stereocenters. The molecule has 9 heteroatoms. The Balaban J connectivity index is 1.58. The minimum absolute atomic E-state index is 0.202. The topological polar surface area (TPSA) is 99.6 Å². The molecule has 42 heavy (non-hydrogen) atoms. The Bertz CT molecular complexity index is 1330. The van der Waals surface area contributed by atoms with Crippen molar-refractivity contribution >= 4 is 29.1 Å². The second kappa shape index (κ2) is 12.1. The molecule has 222 valence electrons. The molecule has 0 aliphatic carbocycles. The van der Waals surface area contributed by atoms with E-state index in [-0.39, 0.29) is 37.4 Å². The maximum atomic E-state index is 14.6. The number of benzene rings is 2. The standard InChI is InChI=1S/C33H39N3O6/c1-5-19-34(23-11-9-8-10-12-23)30(38)27-26-17-18-33(42-26)28(27)31(39)36(22(7-3)21-37)29(33)32(40)35(20-6-2)24-13-15-25(41-4)16-14-24/h5-6,8-16,22,26-29,37H,1-2,7,17-21H2,3-4H3/t22-,26+,27-,28-,29?,33?/m0/s1. The molecule has 2 unspecified atom stereocenters. The van der Waals surface area contributed by atoms with E-state index in [1.54, 1.807) is 53.3 Å². The van der Waals surface area contributed by atoms with Gasteiger partial charge in [-0.15, -0.1) is 13.2 Å². The van der Waals surface area contributed by atoms with Crippen LogP contribution >= 0.6 is 0 Å². The molecule has 3 fully saturated rings. The van der Waals surface area contributed by atoms with E-state index in [4.69, 9.17) is 9.47 Å². The van der Waals surface area contributed by atoms with Crippen molar-refractivity contribution in [3.8, 4) is 5.75 Å². The van der Waals surface area contributed by atoms with E-state index < -0.39 is 35.6 Å². The van der Waals surface area contributed by atoms with Crippen molar-refractivity contribution in [2.75, 3.05) is 36.6 Å². The monoisotopic (exact) mass is 573 g/mol. The highest BCUT2D eigenvalue weighted by Gasteiger charge is 2.75. The number of amides is 3. The Hall–Kier alpha value is -3.95. The highest BCUT2D eigenvalue weighted by molar-refractivity contribution is 6.06. The number of fused-ring (bicyclic) bond motifs is 1. The quantitative estimate of drug-likeness (QED) is 0.390. The van der Waals surface area contributed by atoms with Gasteiger partial charge >= 0.3 is 0 Å². The normalized spacial score (nSPS) is 26.5. The number of carbonyl (C=O) groups is 3. The van der Waals surface area contributed by atoms with Gasteiger partial charge in [0.1, 0.15) is 17.4 Å². The largest absolute Gasteiger partial charge is 0.497 e. The van der Waals surface area contributed by atoms with Crippen molar-refractivity contribution in [2.45, 2.75) is 50.0 Å². The zero-order valence-corrected chi connectivity index (χ0v) is 24.2. The molecule has 2 aromatic rings. The molecule has 3 heterocycles. The van der Waals surface area contributed by atoms with Crippen LogP contribution in [0.4, 0.5) is 11.4 Å². The van der Waals surface area contributed by atoms with Crippen LogP contribution < -0.4 is 14.5 Å². The number of aliphatic hydroxyl groups excluding tert-OH is 1. The predicted octanol–water partition coefficient (Wildman–Crippen LogP) is 3.58. The van der Waals surface area contributed by atoms with Gasteiger partial charge in [0.15, 0.2) is 0 Å². The molecule has 5 rings (SSSR count). The average molecular weight is 574 g/mol. The SMILES string of the molecule is C=CCN(C(=O)C1N([C@@H](CC)CO)C(=O)[C@@H]2[C@@H](C(=O)N(CC=C)c3ccccc3)[C@H]3CCC12O3)c1ccc(OC)cc1. The lowest BCUT2D eigenvalue weighted by molar-refractivity contribution is -0.144. The van der Waals surface area contributed by atoms with Crippen molar-refractivity contribution in [1.82, 2.24) is 4.90 Å². The lowest BCUT2D eigenvalue weighted by atomic mass is 9.70. The molecule has 3 amide bonds. The third kappa shape index (κ3) is 4.70. The van der Waals surface area contributed by atoms with Gasteiger partial charge in [-0.3, -0.25) is 14.4 Å². The van der Waals surface area contributed by atoms with Gasteiger partial charge in [-0.2, -0.15) is 0 Å². The second-order valence-electron chi connectivity index (χ2n) is 11.1. The fraction of sp³-hybridized carbons (Fsp3) is 0.424. The second-order valence-corrected chi connectivity index (χ2v) is 11.1. The molecule has 3 aliphatic rings. The van der Waals surface area contributed by atoms with Gasteiger partial charge in [0.2, 0.25) is 11.8 Å². The first-order valence-electron chi connectivity index (χ1n) is 14.5. The summed E-state index contributed by atoms with van der Waals surface area (Å²) in [6, 6.07) is 14.8. The molecule has 0 radical (unpaired) electrons. The Morgan fingerprint density at radius 3 is 2.26 bits per heavy atom. The van der Waals surface area contributed by atoms with Crippen molar-refractivity contribution in [3.63, 3.8) is 0 Å². The highest BCUT2D eigenvalue weighted by Crippen LogP contribution is 2.59. The fourth-order valence-corrected chi connectivity index (χ4v) is 7.06. The molecular formula is C33H39N3O6. The average Bonchev–Trinajstić information content (AvgIpc) is 3.67. The predicted molar refractivity (Wildman–Crippen MR) is 160 cm³/mol. The zero-order valence-electron chi connectivity index (χ0n) is 24.2. The Kier molecular flexibility index (Phi) is 8.52. The van der Waals surface area contributed by atoms with Crippen LogP contribution in [0.1, 0.15) is 26.2 Å². The third-order valence-electron chi connectivity index (χ3n) is 8.94.